The fourth-order valence-electron chi connectivity index (χ4n) is 2.10. The molecule has 3 nitrogen and oxygen atoms in total. The first-order chi connectivity index (χ1) is 8.79. The Morgan fingerprint density at radius 2 is 2.17 bits per heavy atom. The van der Waals surface area contributed by atoms with Gasteiger partial charge in [0.25, 0.3) is 5.91 Å². The maximum atomic E-state index is 11.9. The quantitative estimate of drug-likeness (QED) is 0.853. The highest BCUT2D eigenvalue weighted by Gasteiger charge is 2.16. The summed E-state index contributed by atoms with van der Waals surface area (Å²) in [4.78, 5) is 11.9. The third-order valence-electron chi connectivity index (χ3n) is 3.16. The minimum atomic E-state index is 0.0294. The molecule has 4 heteroatoms. The Morgan fingerprint density at radius 3 is 2.78 bits per heavy atom. The SMILES string of the molecule is NCCc1ccc(C(=O)NCC2CCCS2)cc1. The number of rotatable bonds is 5. The highest BCUT2D eigenvalue weighted by Crippen LogP contribution is 2.25. The molecule has 1 atom stereocenters. The summed E-state index contributed by atoms with van der Waals surface area (Å²) in [7, 11) is 0. The molecule has 18 heavy (non-hydrogen) atoms. The summed E-state index contributed by atoms with van der Waals surface area (Å²) in [6.07, 6.45) is 3.36. The molecule has 1 heterocycles. The molecule has 0 radical (unpaired) electrons. The number of benzene rings is 1. The molecule has 0 bridgehead atoms. The third kappa shape index (κ3) is 3.75. The van der Waals surface area contributed by atoms with Crippen molar-refractivity contribution in [1.82, 2.24) is 5.32 Å². The average molecular weight is 264 g/mol. The number of hydrogen-bond acceptors (Lipinski definition) is 3. The molecule has 1 saturated heterocycles. The van der Waals surface area contributed by atoms with E-state index in [0.717, 1.165) is 18.5 Å². The normalized spacial score (nSPS) is 18.8. The lowest BCUT2D eigenvalue weighted by Crippen LogP contribution is -2.29. The minimum absolute atomic E-state index is 0.0294. The fraction of sp³-hybridized carbons (Fsp3) is 0.500. The molecule has 1 aliphatic heterocycles. The van der Waals surface area contributed by atoms with Crippen LogP contribution >= 0.6 is 11.8 Å². The molecule has 1 aromatic rings. The van der Waals surface area contributed by atoms with Crippen LogP contribution in [0.15, 0.2) is 24.3 Å². The van der Waals surface area contributed by atoms with E-state index in [0.29, 0.717) is 11.8 Å². The number of carbonyl (C=O) groups is 1. The zero-order chi connectivity index (χ0) is 12.8. The summed E-state index contributed by atoms with van der Waals surface area (Å²) < 4.78 is 0. The molecule has 98 valence electrons. The standard InChI is InChI=1S/C14H20N2OS/c15-8-7-11-3-5-12(6-4-11)14(17)16-10-13-2-1-9-18-13/h3-6,13H,1-2,7-10,15H2,(H,16,17). The van der Waals surface area contributed by atoms with E-state index in [9.17, 15) is 4.79 Å². The van der Waals surface area contributed by atoms with Gasteiger partial charge in [0, 0.05) is 17.4 Å². The van der Waals surface area contributed by atoms with Crippen molar-refractivity contribution >= 4 is 17.7 Å². The second kappa shape index (κ2) is 6.81. The molecule has 2 rings (SSSR count). The molecule has 1 unspecified atom stereocenters. The number of hydrogen-bond donors (Lipinski definition) is 2. The first-order valence-electron chi connectivity index (χ1n) is 6.48. The molecular formula is C14H20N2OS. The first kappa shape index (κ1) is 13.4. The highest BCUT2D eigenvalue weighted by molar-refractivity contribution is 8.00. The van der Waals surface area contributed by atoms with Crippen LogP contribution in [-0.4, -0.2) is 30.0 Å². The summed E-state index contributed by atoms with van der Waals surface area (Å²) >= 11 is 1.96. The molecule has 1 fully saturated rings. The Morgan fingerprint density at radius 1 is 1.39 bits per heavy atom. The predicted molar refractivity (Wildman–Crippen MR) is 77.0 cm³/mol. The fourth-order valence-corrected chi connectivity index (χ4v) is 3.30. The van der Waals surface area contributed by atoms with Crippen LogP contribution in [0, 0.1) is 0 Å². The summed E-state index contributed by atoms with van der Waals surface area (Å²) in [5.41, 5.74) is 7.41. The Kier molecular flexibility index (Phi) is 5.08. The zero-order valence-corrected chi connectivity index (χ0v) is 11.3. The number of amides is 1. The maximum Gasteiger partial charge on any atom is 0.251 e. The van der Waals surface area contributed by atoms with E-state index in [1.165, 1.54) is 24.2 Å². The van der Waals surface area contributed by atoms with Gasteiger partial charge >= 0.3 is 0 Å². The van der Waals surface area contributed by atoms with Crippen molar-refractivity contribution in [1.29, 1.82) is 0 Å². The van der Waals surface area contributed by atoms with Crippen LogP contribution in [0.5, 0.6) is 0 Å². The van der Waals surface area contributed by atoms with Crippen molar-refractivity contribution < 1.29 is 4.79 Å². The number of thioether (sulfide) groups is 1. The van der Waals surface area contributed by atoms with Gasteiger partial charge in [0.15, 0.2) is 0 Å². The van der Waals surface area contributed by atoms with E-state index in [-0.39, 0.29) is 5.91 Å². The lowest BCUT2D eigenvalue weighted by atomic mass is 10.1. The molecular weight excluding hydrogens is 244 g/mol. The van der Waals surface area contributed by atoms with E-state index in [4.69, 9.17) is 5.73 Å². The molecule has 1 aromatic carbocycles. The second-order valence-corrected chi connectivity index (χ2v) is 5.99. The minimum Gasteiger partial charge on any atom is -0.351 e. The predicted octanol–water partition coefficient (Wildman–Crippen LogP) is 1.81. The van der Waals surface area contributed by atoms with Crippen LogP contribution in [0.25, 0.3) is 0 Å². The van der Waals surface area contributed by atoms with Gasteiger partial charge in [-0.15, -0.1) is 0 Å². The molecule has 0 saturated carbocycles. The second-order valence-electron chi connectivity index (χ2n) is 4.58. The number of nitrogens with two attached hydrogens (primary N) is 1. The number of carbonyl (C=O) groups excluding carboxylic acids is 1. The van der Waals surface area contributed by atoms with Crippen molar-refractivity contribution in [3.63, 3.8) is 0 Å². The van der Waals surface area contributed by atoms with E-state index >= 15 is 0 Å². The van der Waals surface area contributed by atoms with Crippen molar-refractivity contribution in [2.75, 3.05) is 18.8 Å². The maximum absolute atomic E-state index is 11.9. The van der Waals surface area contributed by atoms with Crippen LogP contribution in [-0.2, 0) is 6.42 Å². The van der Waals surface area contributed by atoms with Gasteiger partial charge in [-0.3, -0.25) is 4.79 Å². The van der Waals surface area contributed by atoms with Gasteiger partial charge in [-0.05, 0) is 49.3 Å². The van der Waals surface area contributed by atoms with Crippen molar-refractivity contribution in [3.8, 4) is 0 Å². The first-order valence-corrected chi connectivity index (χ1v) is 7.53. The smallest absolute Gasteiger partial charge is 0.251 e. The van der Waals surface area contributed by atoms with Crippen LogP contribution in [0.2, 0.25) is 0 Å². The van der Waals surface area contributed by atoms with E-state index in [2.05, 4.69) is 5.32 Å². The average Bonchev–Trinajstić information content (AvgIpc) is 2.90. The van der Waals surface area contributed by atoms with Gasteiger partial charge in [-0.25, -0.2) is 0 Å². The molecule has 1 aliphatic rings. The zero-order valence-electron chi connectivity index (χ0n) is 10.5. The van der Waals surface area contributed by atoms with Crippen molar-refractivity contribution in [2.24, 2.45) is 5.73 Å². The van der Waals surface area contributed by atoms with Crippen LogP contribution in [0.1, 0.15) is 28.8 Å². The van der Waals surface area contributed by atoms with Gasteiger partial charge in [-0.1, -0.05) is 12.1 Å². The highest BCUT2D eigenvalue weighted by atomic mass is 32.2. The lowest BCUT2D eigenvalue weighted by molar-refractivity contribution is 0.0953. The monoisotopic (exact) mass is 264 g/mol. The molecule has 3 N–H and O–H groups in total. The molecule has 0 spiro atoms. The largest absolute Gasteiger partial charge is 0.351 e. The van der Waals surface area contributed by atoms with Crippen LogP contribution in [0.3, 0.4) is 0 Å². The van der Waals surface area contributed by atoms with E-state index in [1.807, 2.05) is 36.0 Å². The van der Waals surface area contributed by atoms with Crippen LogP contribution in [0.4, 0.5) is 0 Å². The topological polar surface area (TPSA) is 55.1 Å². The Balaban J connectivity index is 1.83. The van der Waals surface area contributed by atoms with Crippen LogP contribution < -0.4 is 11.1 Å². The van der Waals surface area contributed by atoms with Gasteiger partial charge in [-0.2, -0.15) is 11.8 Å². The van der Waals surface area contributed by atoms with E-state index < -0.39 is 0 Å². The summed E-state index contributed by atoms with van der Waals surface area (Å²) in [5, 5.41) is 3.61. The van der Waals surface area contributed by atoms with Crippen molar-refractivity contribution in [2.45, 2.75) is 24.5 Å². The van der Waals surface area contributed by atoms with Gasteiger partial charge in [0.2, 0.25) is 0 Å². The van der Waals surface area contributed by atoms with Gasteiger partial charge in [0.05, 0.1) is 0 Å². The van der Waals surface area contributed by atoms with Gasteiger partial charge < -0.3 is 11.1 Å². The molecule has 0 aromatic heterocycles. The third-order valence-corrected chi connectivity index (χ3v) is 4.56. The van der Waals surface area contributed by atoms with E-state index in [1.54, 1.807) is 0 Å². The Bertz CT molecular complexity index is 385. The van der Waals surface area contributed by atoms with Crippen molar-refractivity contribution in [3.05, 3.63) is 35.4 Å². The Hall–Kier alpha value is -1.00. The Labute approximate surface area is 113 Å². The summed E-state index contributed by atoms with van der Waals surface area (Å²) in [5.74, 6) is 1.26. The summed E-state index contributed by atoms with van der Waals surface area (Å²) in [6.45, 7) is 1.43. The number of nitrogens with one attached hydrogen (secondary N) is 1. The molecule has 1 amide bonds. The van der Waals surface area contributed by atoms with Gasteiger partial charge in [0.1, 0.15) is 0 Å². The summed E-state index contributed by atoms with van der Waals surface area (Å²) in [6, 6.07) is 7.71. The lowest BCUT2D eigenvalue weighted by Gasteiger charge is -2.10. The molecule has 0 aliphatic carbocycles.